The number of hydrogen-bond acceptors (Lipinski definition) is 13. The van der Waals surface area contributed by atoms with Crippen LogP contribution in [0.25, 0.3) is 0 Å². The Kier molecular flexibility index (Phi) is 10.9. The zero-order chi connectivity index (χ0) is 34.0. The Morgan fingerprint density at radius 3 is 2.07 bits per heavy atom. The molecule has 0 saturated carbocycles. The fraction of sp³-hybridized carbons (Fsp3) is 0.688. The van der Waals surface area contributed by atoms with Crippen molar-refractivity contribution in [2.45, 2.75) is 124 Å². The van der Waals surface area contributed by atoms with Gasteiger partial charge in [-0.15, -0.1) is 0 Å². The second-order valence-electron chi connectivity index (χ2n) is 12.5. The fourth-order valence-electron chi connectivity index (χ4n) is 6.92. The van der Waals surface area contributed by atoms with Crippen LogP contribution < -0.4 is 0 Å². The van der Waals surface area contributed by atoms with Crippen LogP contribution in [0.2, 0.25) is 0 Å². The molecular weight excluding hydrogens is 592 g/mol. The van der Waals surface area contributed by atoms with Crippen molar-refractivity contribution in [1.29, 1.82) is 0 Å². The van der Waals surface area contributed by atoms with Gasteiger partial charge in [-0.2, -0.15) is 0 Å². The minimum atomic E-state index is -2.15. The maximum Gasteiger partial charge on any atom is 0.312 e. The highest BCUT2D eigenvalue weighted by molar-refractivity contribution is 5.78. The van der Waals surface area contributed by atoms with Gasteiger partial charge in [-0.1, -0.05) is 18.6 Å². The van der Waals surface area contributed by atoms with Crippen molar-refractivity contribution >= 4 is 35.8 Å². The van der Waals surface area contributed by atoms with Crippen molar-refractivity contribution < 1.29 is 62.3 Å². The fourth-order valence-corrected chi connectivity index (χ4v) is 6.92. The molecule has 1 fully saturated rings. The molecule has 250 valence electrons. The summed E-state index contributed by atoms with van der Waals surface area (Å²) in [6, 6.07) is 0. The van der Waals surface area contributed by atoms with Crippen LogP contribution >= 0.6 is 0 Å². The molecule has 0 aromatic carbocycles. The monoisotopic (exact) mass is 636 g/mol. The minimum absolute atomic E-state index is 0.144. The van der Waals surface area contributed by atoms with Gasteiger partial charge in [0.2, 0.25) is 0 Å². The van der Waals surface area contributed by atoms with E-state index in [-0.39, 0.29) is 19.3 Å². The summed E-state index contributed by atoms with van der Waals surface area (Å²) in [5.41, 5.74) is -2.61. The van der Waals surface area contributed by atoms with Gasteiger partial charge in [0.25, 0.3) is 0 Å². The lowest BCUT2D eigenvalue weighted by atomic mass is 9.56. The summed E-state index contributed by atoms with van der Waals surface area (Å²) >= 11 is 0. The van der Waals surface area contributed by atoms with Gasteiger partial charge in [0, 0.05) is 46.5 Å². The van der Waals surface area contributed by atoms with Gasteiger partial charge >= 0.3 is 35.8 Å². The topological polar surface area (TPSA) is 178 Å². The summed E-state index contributed by atoms with van der Waals surface area (Å²) in [5.74, 6) is -6.30. The van der Waals surface area contributed by atoms with E-state index in [2.05, 4.69) is 0 Å². The number of carbonyl (C=O) groups is 6. The van der Waals surface area contributed by atoms with Crippen molar-refractivity contribution in [3.63, 3.8) is 0 Å². The molecule has 10 atom stereocenters. The first kappa shape index (κ1) is 35.7. The van der Waals surface area contributed by atoms with E-state index in [1.807, 2.05) is 0 Å². The quantitative estimate of drug-likeness (QED) is 0.245. The smallest absolute Gasteiger partial charge is 0.312 e. The molecule has 3 rings (SSSR count). The number of aliphatic hydroxyl groups is 1. The molecule has 13 nitrogen and oxygen atoms in total. The standard InChI is InChI=1S/C32H44O13/c1-15-10-11-24(41-20(6)34)31(9)25(42-21(7)35)14-23(44-27(37)13-17(3)40-19(5)33)16(2)12-26-32(39,18(4)30(38)45-26)29(28(15)31)43-22(8)36/h10,12,17-18,23-26,28-29,39H,11,13-14H2,1-9H3/t17-,18-,23+,24-,25+,26-,28+,29+,31+,32-/m0/s1. The molecule has 0 radical (unpaired) electrons. The number of hydrogen-bond donors (Lipinski definition) is 1. The van der Waals surface area contributed by atoms with Gasteiger partial charge in [-0.25, -0.2) is 0 Å². The molecule has 1 N–H and O–H groups in total. The maximum atomic E-state index is 13.1. The van der Waals surface area contributed by atoms with E-state index in [0.29, 0.717) is 11.1 Å². The van der Waals surface area contributed by atoms with Crippen LogP contribution in [0.4, 0.5) is 0 Å². The van der Waals surface area contributed by atoms with Crippen LogP contribution in [0.3, 0.4) is 0 Å². The molecule has 0 bridgehead atoms. The third-order valence-electron chi connectivity index (χ3n) is 9.06. The average molecular weight is 637 g/mol. The van der Waals surface area contributed by atoms with Crippen LogP contribution in [0.1, 0.15) is 81.6 Å². The third-order valence-corrected chi connectivity index (χ3v) is 9.06. The van der Waals surface area contributed by atoms with Crippen LogP contribution in [0.15, 0.2) is 23.3 Å². The van der Waals surface area contributed by atoms with E-state index in [0.717, 1.165) is 0 Å². The Morgan fingerprint density at radius 2 is 1.51 bits per heavy atom. The van der Waals surface area contributed by atoms with E-state index in [1.165, 1.54) is 47.6 Å². The van der Waals surface area contributed by atoms with Gasteiger partial charge in [-0.05, 0) is 39.3 Å². The SMILES string of the molecule is CC(=O)O[C@H]1CC=C(C)[C@@H]2[C@@H](OC(C)=O)[C@@]3(O)[C@H](C=C(C)[C@H](OC(=O)C[C@H](C)OC(C)=O)C[C@@H](OC(C)=O)[C@@]12C)OC(=O)[C@@H]3C. The van der Waals surface area contributed by atoms with Gasteiger partial charge in [0.15, 0.2) is 11.7 Å². The van der Waals surface area contributed by atoms with Crippen LogP contribution in [-0.2, 0) is 57.2 Å². The molecule has 1 heterocycles. The number of rotatable bonds is 7. The maximum absolute atomic E-state index is 13.1. The molecule has 0 aromatic rings. The van der Waals surface area contributed by atoms with E-state index in [9.17, 15) is 33.9 Å². The minimum Gasteiger partial charge on any atom is -0.462 e. The predicted molar refractivity (Wildman–Crippen MR) is 155 cm³/mol. The lowest BCUT2D eigenvalue weighted by Crippen LogP contribution is -2.65. The Bertz CT molecular complexity index is 1280. The summed E-state index contributed by atoms with van der Waals surface area (Å²) in [6.45, 7) is 12.8. The lowest BCUT2D eigenvalue weighted by Gasteiger charge is -2.54. The Labute approximate surface area is 262 Å². The van der Waals surface area contributed by atoms with Gasteiger partial charge in [0.1, 0.15) is 30.5 Å². The highest BCUT2D eigenvalue weighted by Gasteiger charge is 2.67. The zero-order valence-corrected chi connectivity index (χ0v) is 27.2. The van der Waals surface area contributed by atoms with Gasteiger partial charge in [0.05, 0.1) is 17.8 Å². The second kappa shape index (κ2) is 13.7. The summed E-state index contributed by atoms with van der Waals surface area (Å²) in [6.07, 6.45) is -3.82. The predicted octanol–water partition coefficient (Wildman–Crippen LogP) is 2.65. The first-order valence-corrected chi connectivity index (χ1v) is 15.0. The Hall–Kier alpha value is -3.74. The number of fused-ring (bicyclic) bond motifs is 2. The van der Waals surface area contributed by atoms with E-state index in [1.54, 1.807) is 26.8 Å². The third kappa shape index (κ3) is 7.40. The molecule has 0 unspecified atom stereocenters. The number of esters is 6. The summed E-state index contributed by atoms with van der Waals surface area (Å²) in [4.78, 5) is 75.2. The molecular formula is C32H44O13. The van der Waals surface area contributed by atoms with Gasteiger partial charge < -0.3 is 33.5 Å². The normalized spacial score (nSPS) is 35.2. The van der Waals surface area contributed by atoms with Crippen molar-refractivity contribution in [3.05, 3.63) is 23.3 Å². The lowest BCUT2D eigenvalue weighted by molar-refractivity contribution is -0.218. The molecule has 0 spiro atoms. The van der Waals surface area contributed by atoms with Crippen molar-refractivity contribution in [1.82, 2.24) is 0 Å². The van der Waals surface area contributed by atoms with Crippen molar-refractivity contribution in [2.75, 3.05) is 0 Å². The van der Waals surface area contributed by atoms with Crippen LogP contribution in [-0.4, -0.2) is 83.1 Å². The molecule has 13 heteroatoms. The van der Waals surface area contributed by atoms with Gasteiger partial charge in [-0.3, -0.25) is 28.8 Å². The first-order chi connectivity index (χ1) is 20.8. The molecule has 1 saturated heterocycles. The molecule has 2 aliphatic carbocycles. The number of carbonyl (C=O) groups excluding carboxylic acids is 6. The average Bonchev–Trinajstić information content (AvgIpc) is 3.11. The Balaban J connectivity index is 2.32. The van der Waals surface area contributed by atoms with Crippen molar-refractivity contribution in [3.8, 4) is 0 Å². The first-order valence-electron chi connectivity index (χ1n) is 15.0. The van der Waals surface area contributed by atoms with E-state index < -0.39 is 95.3 Å². The Morgan fingerprint density at radius 1 is 0.933 bits per heavy atom. The van der Waals surface area contributed by atoms with E-state index >= 15 is 0 Å². The molecule has 0 amide bonds. The largest absolute Gasteiger partial charge is 0.462 e. The zero-order valence-electron chi connectivity index (χ0n) is 27.2. The summed E-state index contributed by atoms with van der Waals surface area (Å²) < 4.78 is 34.2. The highest BCUT2D eigenvalue weighted by Crippen LogP contribution is 2.55. The molecule has 45 heavy (non-hydrogen) atoms. The summed E-state index contributed by atoms with van der Waals surface area (Å²) in [7, 11) is 0. The molecule has 0 aromatic heterocycles. The molecule has 1 aliphatic heterocycles. The van der Waals surface area contributed by atoms with Crippen LogP contribution in [0, 0.1) is 17.3 Å². The second-order valence-corrected chi connectivity index (χ2v) is 12.5. The van der Waals surface area contributed by atoms with Crippen molar-refractivity contribution in [2.24, 2.45) is 17.3 Å². The van der Waals surface area contributed by atoms with Crippen LogP contribution in [0.5, 0.6) is 0 Å². The number of ether oxygens (including phenoxy) is 6. The summed E-state index contributed by atoms with van der Waals surface area (Å²) in [5, 5.41) is 12.5. The van der Waals surface area contributed by atoms with E-state index in [4.69, 9.17) is 28.4 Å². The highest BCUT2D eigenvalue weighted by atomic mass is 16.6. The molecule has 3 aliphatic rings.